The van der Waals surface area contributed by atoms with Crippen molar-refractivity contribution in [2.45, 2.75) is 52.4 Å². The van der Waals surface area contributed by atoms with Gasteiger partial charge in [-0.25, -0.2) is 0 Å². The first-order valence-corrected chi connectivity index (χ1v) is 8.81. The maximum absolute atomic E-state index is 10.9. The van der Waals surface area contributed by atoms with Crippen molar-refractivity contribution in [3.8, 4) is 5.75 Å². The SMILES string of the molecule is CC(C)(C)c1cc(/C=N/Nc2cccc([N+](=O)[O-])c2)cc(C(C)(C)C)c1O. The maximum Gasteiger partial charge on any atom is 0.271 e. The van der Waals surface area contributed by atoms with Crippen LogP contribution in [-0.2, 0) is 10.8 Å². The fraction of sp³-hybridized carbons (Fsp3) is 0.381. The molecule has 6 nitrogen and oxygen atoms in total. The molecular formula is C21H27N3O3. The quantitative estimate of drug-likeness (QED) is 0.432. The summed E-state index contributed by atoms with van der Waals surface area (Å²) in [5, 5.41) is 25.8. The summed E-state index contributed by atoms with van der Waals surface area (Å²) in [5.74, 6) is 0.318. The number of rotatable bonds is 4. The third kappa shape index (κ3) is 5.06. The van der Waals surface area contributed by atoms with Crippen molar-refractivity contribution in [2.75, 3.05) is 5.43 Å². The molecule has 27 heavy (non-hydrogen) atoms. The van der Waals surface area contributed by atoms with E-state index >= 15 is 0 Å². The predicted molar refractivity (Wildman–Crippen MR) is 110 cm³/mol. The zero-order valence-corrected chi connectivity index (χ0v) is 16.7. The molecule has 0 aliphatic rings. The Bertz CT molecular complexity index is 840. The summed E-state index contributed by atoms with van der Waals surface area (Å²) in [7, 11) is 0. The van der Waals surface area contributed by atoms with Gasteiger partial charge in [-0.15, -0.1) is 0 Å². The summed E-state index contributed by atoms with van der Waals surface area (Å²) < 4.78 is 0. The molecule has 0 radical (unpaired) electrons. The van der Waals surface area contributed by atoms with E-state index in [0.29, 0.717) is 11.4 Å². The number of anilines is 1. The van der Waals surface area contributed by atoms with Crippen LogP contribution < -0.4 is 5.43 Å². The summed E-state index contributed by atoms with van der Waals surface area (Å²) in [6.45, 7) is 12.3. The van der Waals surface area contributed by atoms with Gasteiger partial charge < -0.3 is 5.11 Å². The van der Waals surface area contributed by atoms with Crippen LogP contribution in [0.5, 0.6) is 5.75 Å². The highest BCUT2D eigenvalue weighted by Gasteiger charge is 2.26. The third-order valence-electron chi connectivity index (χ3n) is 4.21. The van der Waals surface area contributed by atoms with Crippen molar-refractivity contribution in [2.24, 2.45) is 5.10 Å². The first-order valence-electron chi connectivity index (χ1n) is 8.81. The highest BCUT2D eigenvalue weighted by Crippen LogP contribution is 2.39. The van der Waals surface area contributed by atoms with E-state index in [-0.39, 0.29) is 16.5 Å². The Balaban J connectivity index is 2.37. The van der Waals surface area contributed by atoms with Gasteiger partial charge in [-0.2, -0.15) is 5.10 Å². The molecule has 6 heteroatoms. The van der Waals surface area contributed by atoms with E-state index in [1.54, 1.807) is 18.3 Å². The summed E-state index contributed by atoms with van der Waals surface area (Å²) in [4.78, 5) is 10.4. The van der Waals surface area contributed by atoms with Crippen LogP contribution in [0, 0.1) is 10.1 Å². The van der Waals surface area contributed by atoms with Crippen molar-refractivity contribution >= 4 is 17.6 Å². The molecule has 144 valence electrons. The molecule has 0 aromatic heterocycles. The number of hydrazone groups is 1. The third-order valence-corrected chi connectivity index (χ3v) is 4.21. The number of nitrogens with one attached hydrogen (secondary N) is 1. The summed E-state index contributed by atoms with van der Waals surface area (Å²) in [6.07, 6.45) is 1.66. The fourth-order valence-corrected chi connectivity index (χ4v) is 2.75. The van der Waals surface area contributed by atoms with Crippen LogP contribution in [0.15, 0.2) is 41.5 Å². The molecule has 2 aromatic carbocycles. The highest BCUT2D eigenvalue weighted by atomic mass is 16.6. The number of aromatic hydroxyl groups is 1. The van der Waals surface area contributed by atoms with Gasteiger partial charge in [0.1, 0.15) is 5.75 Å². The summed E-state index contributed by atoms with van der Waals surface area (Å²) in [6, 6.07) is 10.0. The first kappa shape index (κ1) is 20.4. The molecule has 0 saturated heterocycles. The smallest absolute Gasteiger partial charge is 0.271 e. The van der Waals surface area contributed by atoms with Gasteiger partial charge in [0.05, 0.1) is 16.8 Å². The number of nitro groups is 1. The molecule has 0 unspecified atom stereocenters. The van der Waals surface area contributed by atoms with Gasteiger partial charge >= 0.3 is 0 Å². The van der Waals surface area contributed by atoms with Gasteiger partial charge in [-0.1, -0.05) is 47.6 Å². The van der Waals surface area contributed by atoms with E-state index in [2.05, 4.69) is 52.1 Å². The Labute approximate surface area is 160 Å². The Kier molecular flexibility index (Phi) is 5.59. The Morgan fingerprint density at radius 3 is 2.07 bits per heavy atom. The minimum absolute atomic E-state index is 0.00451. The van der Waals surface area contributed by atoms with E-state index in [0.717, 1.165) is 16.7 Å². The van der Waals surface area contributed by atoms with Gasteiger partial charge in [0, 0.05) is 23.3 Å². The molecule has 0 heterocycles. The molecule has 2 N–H and O–H groups in total. The van der Waals surface area contributed by atoms with Crippen molar-refractivity contribution in [1.29, 1.82) is 0 Å². The van der Waals surface area contributed by atoms with Crippen LogP contribution in [0.3, 0.4) is 0 Å². The Hall–Kier alpha value is -2.89. The molecule has 0 amide bonds. The van der Waals surface area contributed by atoms with Crippen molar-refractivity contribution in [3.05, 3.63) is 63.2 Å². The van der Waals surface area contributed by atoms with E-state index in [4.69, 9.17) is 0 Å². The largest absolute Gasteiger partial charge is 0.507 e. The highest BCUT2D eigenvalue weighted by molar-refractivity contribution is 5.82. The Morgan fingerprint density at radius 1 is 1.04 bits per heavy atom. The lowest BCUT2D eigenvalue weighted by Gasteiger charge is -2.27. The van der Waals surface area contributed by atoms with E-state index < -0.39 is 4.92 Å². The monoisotopic (exact) mass is 369 g/mol. The van der Waals surface area contributed by atoms with Gasteiger partial charge in [-0.3, -0.25) is 15.5 Å². The number of nitrogens with zero attached hydrogens (tertiary/aromatic N) is 2. The molecule has 0 aliphatic carbocycles. The molecule has 0 aliphatic heterocycles. The van der Waals surface area contributed by atoms with Crippen molar-refractivity contribution in [1.82, 2.24) is 0 Å². The second-order valence-electron chi connectivity index (χ2n) is 8.64. The molecule has 2 rings (SSSR count). The minimum Gasteiger partial charge on any atom is -0.507 e. The average molecular weight is 369 g/mol. The van der Waals surface area contributed by atoms with E-state index in [9.17, 15) is 15.2 Å². The van der Waals surface area contributed by atoms with Crippen LogP contribution >= 0.6 is 0 Å². The van der Waals surface area contributed by atoms with Crippen molar-refractivity contribution in [3.63, 3.8) is 0 Å². The van der Waals surface area contributed by atoms with Crippen molar-refractivity contribution < 1.29 is 10.0 Å². The van der Waals surface area contributed by atoms with Crippen LogP contribution in [0.4, 0.5) is 11.4 Å². The maximum atomic E-state index is 10.9. The topological polar surface area (TPSA) is 87.8 Å². The summed E-state index contributed by atoms with van der Waals surface area (Å²) >= 11 is 0. The second-order valence-corrected chi connectivity index (χ2v) is 8.64. The second kappa shape index (κ2) is 7.39. The van der Waals surface area contributed by atoms with E-state index in [1.165, 1.54) is 12.1 Å². The van der Waals surface area contributed by atoms with Crippen LogP contribution in [-0.4, -0.2) is 16.2 Å². The zero-order chi connectivity index (χ0) is 20.4. The molecule has 0 fully saturated rings. The Morgan fingerprint density at radius 2 is 1.59 bits per heavy atom. The lowest BCUT2D eigenvalue weighted by atomic mass is 9.78. The average Bonchev–Trinajstić information content (AvgIpc) is 2.54. The van der Waals surface area contributed by atoms with Crippen LogP contribution in [0.2, 0.25) is 0 Å². The molecule has 0 saturated carbocycles. The zero-order valence-electron chi connectivity index (χ0n) is 16.7. The molecule has 0 atom stereocenters. The van der Waals surface area contributed by atoms with Crippen LogP contribution in [0.1, 0.15) is 58.2 Å². The lowest BCUT2D eigenvalue weighted by Crippen LogP contribution is -2.17. The number of non-ortho nitro benzene ring substituents is 1. The standard InChI is InChI=1S/C21H27N3O3/c1-20(2,3)17-10-14(11-18(19(17)25)21(4,5)6)13-22-23-15-8-7-9-16(12-15)24(26)27/h7-13,23,25H,1-6H3/b22-13+. The first-order chi connectivity index (χ1) is 12.4. The molecule has 0 spiro atoms. The van der Waals surface area contributed by atoms with Gasteiger partial charge in [0.15, 0.2) is 0 Å². The van der Waals surface area contributed by atoms with Crippen LogP contribution in [0.25, 0.3) is 0 Å². The summed E-state index contributed by atoms with van der Waals surface area (Å²) in [5.41, 5.74) is 5.47. The van der Waals surface area contributed by atoms with Gasteiger partial charge in [-0.05, 0) is 34.6 Å². The number of benzene rings is 2. The lowest BCUT2D eigenvalue weighted by molar-refractivity contribution is -0.384. The minimum atomic E-state index is -0.444. The molecule has 2 aromatic rings. The number of phenolic OH excluding ortho intramolecular Hbond substituents is 1. The molecular weight excluding hydrogens is 342 g/mol. The van der Waals surface area contributed by atoms with E-state index in [1.807, 2.05) is 12.1 Å². The number of hydrogen-bond donors (Lipinski definition) is 2. The van der Waals surface area contributed by atoms with Gasteiger partial charge in [0.2, 0.25) is 0 Å². The fourth-order valence-electron chi connectivity index (χ4n) is 2.75. The molecule has 0 bridgehead atoms. The predicted octanol–water partition coefficient (Wildman–Crippen LogP) is 5.34. The number of nitro benzene ring substituents is 1. The number of hydrogen-bond acceptors (Lipinski definition) is 5. The normalized spacial score (nSPS) is 12.4. The van der Waals surface area contributed by atoms with Gasteiger partial charge in [0.25, 0.3) is 5.69 Å². The number of phenols is 1.